The fourth-order valence-electron chi connectivity index (χ4n) is 5.77. The Kier molecular flexibility index (Phi) is 8.60. The van der Waals surface area contributed by atoms with Crippen molar-refractivity contribution < 1.29 is 9.28 Å². The highest BCUT2D eigenvalue weighted by atomic mass is 16.1. The fourth-order valence-corrected chi connectivity index (χ4v) is 5.77. The van der Waals surface area contributed by atoms with E-state index in [2.05, 4.69) is 117 Å². The molecule has 2 N–H and O–H groups in total. The van der Waals surface area contributed by atoms with Gasteiger partial charge in [-0.15, -0.1) is 0 Å². The Morgan fingerprint density at radius 3 is 1.75 bits per heavy atom. The molecule has 4 nitrogen and oxygen atoms in total. The first-order chi connectivity index (χ1) is 17.4. The third kappa shape index (κ3) is 5.88. The molecule has 1 amide bonds. The summed E-state index contributed by atoms with van der Waals surface area (Å²) < 4.78 is 0.886. The molecule has 0 bridgehead atoms. The van der Waals surface area contributed by atoms with E-state index in [0.717, 1.165) is 42.9 Å². The highest BCUT2D eigenvalue weighted by Crippen LogP contribution is 2.37. The van der Waals surface area contributed by atoms with Crippen LogP contribution in [0.4, 0.5) is 5.69 Å². The minimum Gasteiger partial charge on any atom is -0.325 e. The number of nitrogens with one attached hydrogen (secondary N) is 2. The Hall–Kier alpha value is -2.95. The van der Waals surface area contributed by atoms with Gasteiger partial charge in [-0.25, -0.2) is 0 Å². The van der Waals surface area contributed by atoms with Gasteiger partial charge in [0.25, 0.3) is 0 Å². The van der Waals surface area contributed by atoms with Crippen LogP contribution in [0.5, 0.6) is 0 Å². The second-order valence-corrected chi connectivity index (χ2v) is 10.8. The van der Waals surface area contributed by atoms with Gasteiger partial charge < -0.3 is 15.1 Å². The number of nitrogens with zero attached hydrogens (tertiary/aromatic N) is 1. The lowest BCUT2D eigenvalue weighted by Crippen LogP contribution is -2.61. The molecule has 4 rings (SSSR count). The van der Waals surface area contributed by atoms with E-state index in [0.29, 0.717) is 18.3 Å². The van der Waals surface area contributed by atoms with E-state index in [-0.39, 0.29) is 11.9 Å². The van der Waals surface area contributed by atoms with Gasteiger partial charge in [-0.05, 0) is 23.0 Å². The highest BCUT2D eigenvalue weighted by molar-refractivity contribution is 5.92. The predicted octanol–water partition coefficient (Wildman–Crippen LogP) is 6.47. The number of anilines is 1. The standard InChI is InChI=1S/C32H41N3O/c1-24(2)28-16-11-17-29(25(3)4)31(28)34-30(36)18-21-35(22-19-33-20-23-35)32(26-12-7-5-8-13-26)27-14-9-6-10-15-27/h5-17,24-25,32-33H,18-23H2,1-4H3/p+1. The van der Waals surface area contributed by atoms with Gasteiger partial charge in [-0.1, -0.05) is 107 Å². The fraction of sp³-hybridized carbons (Fsp3) is 0.406. The lowest BCUT2D eigenvalue weighted by molar-refractivity contribution is -0.952. The van der Waals surface area contributed by atoms with E-state index in [1.807, 2.05) is 0 Å². The lowest BCUT2D eigenvalue weighted by atomic mass is 9.92. The average molecular weight is 485 g/mol. The van der Waals surface area contributed by atoms with Crippen molar-refractivity contribution in [2.24, 2.45) is 0 Å². The van der Waals surface area contributed by atoms with Crippen molar-refractivity contribution in [1.29, 1.82) is 0 Å². The third-order valence-corrected chi connectivity index (χ3v) is 7.67. The van der Waals surface area contributed by atoms with Crippen LogP contribution in [0.25, 0.3) is 0 Å². The van der Waals surface area contributed by atoms with Gasteiger partial charge >= 0.3 is 0 Å². The smallest absolute Gasteiger partial charge is 0.230 e. The van der Waals surface area contributed by atoms with Crippen LogP contribution >= 0.6 is 0 Å². The van der Waals surface area contributed by atoms with E-state index in [9.17, 15) is 4.79 Å². The van der Waals surface area contributed by atoms with Crippen LogP contribution in [0.1, 0.15) is 74.2 Å². The van der Waals surface area contributed by atoms with Gasteiger partial charge in [-0.3, -0.25) is 4.79 Å². The number of carbonyl (C=O) groups is 1. The number of benzene rings is 3. The molecule has 3 aromatic rings. The molecule has 0 unspecified atom stereocenters. The summed E-state index contributed by atoms with van der Waals surface area (Å²) in [6.07, 6.45) is 0.500. The van der Waals surface area contributed by atoms with Crippen molar-refractivity contribution in [3.05, 3.63) is 101 Å². The zero-order chi connectivity index (χ0) is 25.5. The Bertz CT molecular complexity index is 1050. The molecule has 1 heterocycles. The first-order valence-corrected chi connectivity index (χ1v) is 13.5. The molecule has 4 heteroatoms. The number of hydrogen-bond acceptors (Lipinski definition) is 2. The zero-order valence-corrected chi connectivity index (χ0v) is 22.3. The maximum atomic E-state index is 13.5. The van der Waals surface area contributed by atoms with Crippen molar-refractivity contribution in [1.82, 2.24) is 5.32 Å². The van der Waals surface area contributed by atoms with Gasteiger partial charge in [0.15, 0.2) is 0 Å². The topological polar surface area (TPSA) is 41.1 Å². The van der Waals surface area contributed by atoms with Crippen LogP contribution < -0.4 is 10.6 Å². The minimum absolute atomic E-state index is 0.112. The minimum atomic E-state index is 0.112. The maximum absolute atomic E-state index is 13.5. The zero-order valence-electron chi connectivity index (χ0n) is 22.3. The molecule has 3 aromatic carbocycles. The van der Waals surface area contributed by atoms with Crippen LogP contribution in [-0.2, 0) is 4.79 Å². The second-order valence-electron chi connectivity index (χ2n) is 10.8. The molecule has 0 saturated carbocycles. The van der Waals surface area contributed by atoms with Gasteiger partial charge in [0.05, 0.1) is 26.1 Å². The molecule has 0 radical (unpaired) electrons. The first-order valence-electron chi connectivity index (χ1n) is 13.5. The molecule has 0 atom stereocenters. The van der Waals surface area contributed by atoms with Crippen molar-refractivity contribution in [3.63, 3.8) is 0 Å². The second kappa shape index (κ2) is 11.9. The molecule has 0 spiro atoms. The van der Waals surface area contributed by atoms with Crippen molar-refractivity contribution in [3.8, 4) is 0 Å². The Balaban J connectivity index is 1.63. The van der Waals surface area contributed by atoms with Crippen LogP contribution in [0.3, 0.4) is 0 Å². The van der Waals surface area contributed by atoms with Crippen LogP contribution in [0, 0.1) is 0 Å². The summed E-state index contributed by atoms with van der Waals surface area (Å²) >= 11 is 0. The summed E-state index contributed by atoms with van der Waals surface area (Å²) in [5, 5.41) is 6.90. The molecular weight excluding hydrogens is 442 g/mol. The number of carbonyl (C=O) groups excluding carboxylic acids is 1. The largest absolute Gasteiger partial charge is 0.325 e. The maximum Gasteiger partial charge on any atom is 0.230 e. The summed E-state index contributed by atoms with van der Waals surface area (Å²) in [5.41, 5.74) is 6.08. The molecule has 1 aliphatic heterocycles. The molecular formula is C32H42N3O+. The van der Waals surface area contributed by atoms with Gasteiger partial charge in [-0.2, -0.15) is 0 Å². The van der Waals surface area contributed by atoms with E-state index >= 15 is 0 Å². The van der Waals surface area contributed by atoms with E-state index in [4.69, 9.17) is 0 Å². The van der Waals surface area contributed by atoms with Gasteiger partial charge in [0, 0.05) is 29.9 Å². The summed E-state index contributed by atoms with van der Waals surface area (Å²) in [6.45, 7) is 13.5. The predicted molar refractivity (Wildman–Crippen MR) is 150 cm³/mol. The molecule has 1 saturated heterocycles. The van der Waals surface area contributed by atoms with Gasteiger partial charge in [0.2, 0.25) is 5.91 Å². The van der Waals surface area contributed by atoms with Crippen LogP contribution in [0.15, 0.2) is 78.9 Å². The Morgan fingerprint density at radius 2 is 1.28 bits per heavy atom. The lowest BCUT2D eigenvalue weighted by Gasteiger charge is -2.47. The molecule has 1 fully saturated rings. The van der Waals surface area contributed by atoms with Crippen molar-refractivity contribution in [2.75, 3.05) is 38.0 Å². The monoisotopic (exact) mass is 484 g/mol. The normalized spacial score (nSPS) is 15.4. The number of piperazine rings is 1. The number of para-hydroxylation sites is 1. The van der Waals surface area contributed by atoms with Crippen LogP contribution in [-0.4, -0.2) is 43.1 Å². The van der Waals surface area contributed by atoms with Crippen molar-refractivity contribution >= 4 is 11.6 Å². The third-order valence-electron chi connectivity index (χ3n) is 7.67. The number of amides is 1. The summed E-state index contributed by atoms with van der Waals surface area (Å²) in [6, 6.07) is 28.3. The van der Waals surface area contributed by atoms with Crippen LogP contribution in [0.2, 0.25) is 0 Å². The highest BCUT2D eigenvalue weighted by Gasteiger charge is 2.40. The number of hydrogen-bond donors (Lipinski definition) is 2. The quantitative estimate of drug-likeness (QED) is 0.342. The molecule has 36 heavy (non-hydrogen) atoms. The average Bonchev–Trinajstić information content (AvgIpc) is 2.89. The molecule has 0 aliphatic carbocycles. The van der Waals surface area contributed by atoms with E-state index in [1.165, 1.54) is 22.3 Å². The first kappa shape index (κ1) is 26.1. The summed E-state index contributed by atoms with van der Waals surface area (Å²) in [7, 11) is 0. The number of quaternary nitrogens is 1. The Labute approximate surface area is 217 Å². The van der Waals surface area contributed by atoms with Crippen molar-refractivity contribution in [2.45, 2.75) is 52.0 Å². The molecule has 1 aliphatic rings. The summed E-state index contributed by atoms with van der Waals surface area (Å²) in [4.78, 5) is 13.5. The van der Waals surface area contributed by atoms with E-state index < -0.39 is 0 Å². The molecule has 190 valence electrons. The van der Waals surface area contributed by atoms with E-state index in [1.54, 1.807) is 0 Å². The molecule has 0 aromatic heterocycles. The summed E-state index contributed by atoms with van der Waals surface area (Å²) in [5.74, 6) is 0.818. The Morgan fingerprint density at radius 1 is 0.778 bits per heavy atom. The SMILES string of the molecule is CC(C)c1cccc(C(C)C)c1NC(=O)CC[N+]1(C(c2ccccc2)c2ccccc2)CCNCC1. The van der Waals surface area contributed by atoms with Gasteiger partial charge in [0.1, 0.15) is 6.04 Å². The number of rotatable bonds is 9.